The minimum atomic E-state index is 0.593. The number of benzene rings is 1. The highest BCUT2D eigenvalue weighted by molar-refractivity contribution is 6.18. The minimum Gasteiger partial charge on any atom is -0.497 e. The Balaban J connectivity index is 2.34. The van der Waals surface area contributed by atoms with E-state index in [0.29, 0.717) is 5.92 Å². The van der Waals surface area contributed by atoms with Crippen LogP contribution in [0.5, 0.6) is 5.75 Å². The van der Waals surface area contributed by atoms with Crippen molar-refractivity contribution in [2.24, 2.45) is 5.92 Å². The van der Waals surface area contributed by atoms with Crippen molar-refractivity contribution in [2.75, 3.05) is 13.0 Å². The third kappa shape index (κ3) is 6.87. The molecule has 1 unspecified atom stereocenters. The zero-order valence-corrected chi connectivity index (χ0v) is 13.1. The Morgan fingerprint density at radius 2 is 1.95 bits per heavy atom. The third-order valence-corrected chi connectivity index (χ3v) is 4.03. The Hall–Kier alpha value is -0.690. The van der Waals surface area contributed by atoms with Crippen molar-refractivity contribution in [1.29, 1.82) is 0 Å². The third-order valence-electron chi connectivity index (χ3n) is 3.59. The SMILES string of the molecule is CCCCCCCC(CCl)Cc1cccc(OC)c1. The van der Waals surface area contributed by atoms with Crippen molar-refractivity contribution in [3.63, 3.8) is 0 Å². The Labute approximate surface area is 123 Å². The molecule has 0 aliphatic carbocycles. The van der Waals surface area contributed by atoms with Crippen molar-refractivity contribution < 1.29 is 4.74 Å². The number of alkyl halides is 1. The highest BCUT2D eigenvalue weighted by Gasteiger charge is 2.09. The van der Waals surface area contributed by atoms with Crippen LogP contribution >= 0.6 is 11.6 Å². The van der Waals surface area contributed by atoms with Crippen LogP contribution in [0.15, 0.2) is 24.3 Å². The molecule has 0 bridgehead atoms. The van der Waals surface area contributed by atoms with E-state index in [2.05, 4.69) is 25.1 Å². The van der Waals surface area contributed by atoms with Gasteiger partial charge in [0.2, 0.25) is 0 Å². The summed E-state index contributed by atoms with van der Waals surface area (Å²) < 4.78 is 5.26. The highest BCUT2D eigenvalue weighted by atomic mass is 35.5. The Bertz CT molecular complexity index is 338. The molecule has 0 aliphatic rings. The summed E-state index contributed by atoms with van der Waals surface area (Å²) in [5.74, 6) is 2.29. The molecular formula is C17H27ClO. The first kappa shape index (κ1) is 16.4. The number of hydrogen-bond donors (Lipinski definition) is 0. The molecule has 1 aromatic rings. The van der Waals surface area contributed by atoms with Crippen LogP contribution in [0.1, 0.15) is 51.0 Å². The summed E-state index contributed by atoms with van der Waals surface area (Å²) >= 11 is 6.10. The summed E-state index contributed by atoms with van der Waals surface area (Å²) in [7, 11) is 1.71. The van der Waals surface area contributed by atoms with E-state index in [4.69, 9.17) is 16.3 Å². The first-order valence-corrected chi connectivity index (χ1v) is 8.02. The van der Waals surface area contributed by atoms with Gasteiger partial charge in [-0.1, -0.05) is 51.2 Å². The minimum absolute atomic E-state index is 0.593. The van der Waals surface area contributed by atoms with Gasteiger partial charge in [0.15, 0.2) is 0 Å². The van der Waals surface area contributed by atoms with Gasteiger partial charge in [-0.3, -0.25) is 0 Å². The van der Waals surface area contributed by atoms with Gasteiger partial charge in [-0.15, -0.1) is 11.6 Å². The van der Waals surface area contributed by atoms with Gasteiger partial charge in [-0.2, -0.15) is 0 Å². The smallest absolute Gasteiger partial charge is 0.119 e. The van der Waals surface area contributed by atoms with Crippen molar-refractivity contribution in [1.82, 2.24) is 0 Å². The molecule has 0 N–H and O–H groups in total. The highest BCUT2D eigenvalue weighted by Crippen LogP contribution is 2.20. The van der Waals surface area contributed by atoms with Gasteiger partial charge in [-0.05, 0) is 36.5 Å². The van der Waals surface area contributed by atoms with Gasteiger partial charge in [0.1, 0.15) is 5.75 Å². The first-order valence-electron chi connectivity index (χ1n) is 7.49. The molecule has 0 fully saturated rings. The Morgan fingerprint density at radius 1 is 1.16 bits per heavy atom. The maximum absolute atomic E-state index is 6.10. The maximum Gasteiger partial charge on any atom is 0.119 e. The van der Waals surface area contributed by atoms with Crippen LogP contribution < -0.4 is 4.74 Å². The summed E-state index contributed by atoms with van der Waals surface area (Å²) in [5, 5.41) is 0. The molecule has 0 amide bonds. The van der Waals surface area contributed by atoms with Gasteiger partial charge in [-0.25, -0.2) is 0 Å². The molecular weight excluding hydrogens is 256 g/mol. The molecule has 108 valence electrons. The average Bonchev–Trinajstić information content (AvgIpc) is 2.46. The fourth-order valence-electron chi connectivity index (χ4n) is 2.40. The van der Waals surface area contributed by atoms with Crippen molar-refractivity contribution >= 4 is 11.6 Å². The van der Waals surface area contributed by atoms with Gasteiger partial charge < -0.3 is 4.74 Å². The molecule has 1 atom stereocenters. The maximum atomic E-state index is 6.10. The van der Waals surface area contributed by atoms with E-state index in [1.165, 1.54) is 44.1 Å². The van der Waals surface area contributed by atoms with Gasteiger partial charge in [0, 0.05) is 5.88 Å². The van der Waals surface area contributed by atoms with Crippen LogP contribution in [-0.4, -0.2) is 13.0 Å². The molecule has 1 rings (SSSR count). The van der Waals surface area contributed by atoms with Gasteiger partial charge >= 0.3 is 0 Å². The summed E-state index contributed by atoms with van der Waals surface area (Å²) in [6, 6.07) is 8.33. The summed E-state index contributed by atoms with van der Waals surface area (Å²) in [6.45, 7) is 2.25. The predicted octanol–water partition coefficient (Wildman–Crippen LogP) is 5.45. The molecule has 1 aromatic carbocycles. The Kier molecular flexibility index (Phi) is 8.73. The molecule has 0 spiro atoms. The number of rotatable bonds is 10. The van der Waals surface area contributed by atoms with Crippen LogP contribution in [0.3, 0.4) is 0 Å². The number of halogens is 1. The molecule has 0 saturated carbocycles. The second-order valence-corrected chi connectivity index (χ2v) is 5.59. The fraction of sp³-hybridized carbons (Fsp3) is 0.647. The number of unbranched alkanes of at least 4 members (excludes halogenated alkanes) is 4. The van der Waals surface area contributed by atoms with Crippen molar-refractivity contribution in [2.45, 2.75) is 51.9 Å². The molecule has 2 heteroatoms. The zero-order chi connectivity index (χ0) is 13.9. The molecule has 0 radical (unpaired) electrons. The van der Waals surface area contributed by atoms with E-state index < -0.39 is 0 Å². The van der Waals surface area contributed by atoms with Crippen molar-refractivity contribution in [3.8, 4) is 5.75 Å². The van der Waals surface area contributed by atoms with E-state index in [1.807, 2.05) is 6.07 Å². The van der Waals surface area contributed by atoms with E-state index in [9.17, 15) is 0 Å². The molecule has 1 nitrogen and oxygen atoms in total. The molecule has 19 heavy (non-hydrogen) atoms. The fourth-order valence-corrected chi connectivity index (χ4v) is 2.67. The quantitative estimate of drug-likeness (QED) is 0.409. The van der Waals surface area contributed by atoms with Crippen LogP contribution in [-0.2, 0) is 6.42 Å². The molecule has 0 aromatic heterocycles. The van der Waals surface area contributed by atoms with Crippen LogP contribution in [0.25, 0.3) is 0 Å². The van der Waals surface area contributed by atoms with Gasteiger partial charge in [0.05, 0.1) is 7.11 Å². The lowest BCUT2D eigenvalue weighted by molar-refractivity contribution is 0.413. The van der Waals surface area contributed by atoms with E-state index in [-0.39, 0.29) is 0 Å². The van der Waals surface area contributed by atoms with E-state index >= 15 is 0 Å². The van der Waals surface area contributed by atoms with Crippen molar-refractivity contribution in [3.05, 3.63) is 29.8 Å². The zero-order valence-electron chi connectivity index (χ0n) is 12.3. The number of methoxy groups -OCH3 is 1. The normalized spacial score (nSPS) is 12.4. The number of hydrogen-bond acceptors (Lipinski definition) is 1. The largest absolute Gasteiger partial charge is 0.497 e. The summed E-state index contributed by atoms with van der Waals surface area (Å²) in [5.41, 5.74) is 1.33. The summed E-state index contributed by atoms with van der Waals surface area (Å²) in [6.07, 6.45) is 8.99. The lowest BCUT2D eigenvalue weighted by Crippen LogP contribution is -2.06. The standard InChI is InChI=1S/C17H27ClO/c1-3-4-5-6-7-9-16(14-18)12-15-10-8-11-17(13-15)19-2/h8,10-11,13,16H,3-7,9,12,14H2,1-2H3. The average molecular weight is 283 g/mol. The molecule has 0 heterocycles. The summed E-state index contributed by atoms with van der Waals surface area (Å²) in [4.78, 5) is 0. The Morgan fingerprint density at radius 3 is 2.63 bits per heavy atom. The van der Waals surface area contributed by atoms with Crippen LogP contribution in [0, 0.1) is 5.92 Å². The predicted molar refractivity (Wildman–Crippen MR) is 84.3 cm³/mol. The number of ether oxygens (including phenoxy) is 1. The molecule has 0 aliphatic heterocycles. The second kappa shape index (κ2) is 10.1. The lowest BCUT2D eigenvalue weighted by Gasteiger charge is -2.14. The monoisotopic (exact) mass is 282 g/mol. The second-order valence-electron chi connectivity index (χ2n) is 5.28. The van der Waals surface area contributed by atoms with Crippen LogP contribution in [0.2, 0.25) is 0 Å². The first-order chi connectivity index (χ1) is 9.30. The molecule has 0 saturated heterocycles. The van der Waals surface area contributed by atoms with E-state index in [1.54, 1.807) is 7.11 Å². The van der Waals surface area contributed by atoms with Crippen LogP contribution in [0.4, 0.5) is 0 Å². The van der Waals surface area contributed by atoms with E-state index in [0.717, 1.165) is 18.1 Å². The van der Waals surface area contributed by atoms with Gasteiger partial charge in [0.25, 0.3) is 0 Å². The topological polar surface area (TPSA) is 9.23 Å². The lowest BCUT2D eigenvalue weighted by atomic mass is 9.95.